The average Bonchev–Trinajstić information content (AvgIpc) is 3.06. The van der Waals surface area contributed by atoms with Crippen molar-refractivity contribution >= 4 is 45.2 Å². The van der Waals surface area contributed by atoms with Gasteiger partial charge in [-0.1, -0.05) is 58.0 Å². The van der Waals surface area contributed by atoms with Gasteiger partial charge in [-0.3, -0.25) is 9.59 Å². The maximum Gasteiger partial charge on any atom is 0.417 e. The van der Waals surface area contributed by atoms with E-state index >= 15 is 0 Å². The highest BCUT2D eigenvalue weighted by Gasteiger charge is 2.42. The molecule has 0 N–H and O–H groups in total. The lowest BCUT2D eigenvalue weighted by Crippen LogP contribution is -2.31. The minimum absolute atomic E-state index is 0.0194. The number of benzene rings is 2. The summed E-state index contributed by atoms with van der Waals surface area (Å²) in [5, 5.41) is 8.25. The van der Waals surface area contributed by atoms with E-state index in [9.17, 15) is 28.0 Å². The van der Waals surface area contributed by atoms with Gasteiger partial charge in [0.15, 0.2) is 0 Å². The standard InChI is InChI=1S/C23H13BrF3N3O2S/c24-14-6-8-15(9-7-14)30-20(31)11-19(22(30)32)33-21-16(12-28)17(23(25,26)27)10-18(29-21)13-4-2-1-3-5-13/h1-10,19H,11H2/t19-/m0/s1. The number of halogens is 4. The summed E-state index contributed by atoms with van der Waals surface area (Å²) in [4.78, 5) is 30.8. The van der Waals surface area contributed by atoms with Crippen LogP contribution in [0.25, 0.3) is 11.3 Å². The van der Waals surface area contributed by atoms with E-state index in [4.69, 9.17) is 0 Å². The van der Waals surface area contributed by atoms with Crippen molar-refractivity contribution in [3.05, 3.63) is 76.3 Å². The molecule has 2 aromatic carbocycles. The van der Waals surface area contributed by atoms with E-state index in [-0.39, 0.29) is 17.1 Å². The van der Waals surface area contributed by atoms with Crippen LogP contribution in [0.15, 0.2) is 70.2 Å². The second-order valence-corrected chi connectivity index (χ2v) is 9.17. The molecular formula is C23H13BrF3N3O2S. The summed E-state index contributed by atoms with van der Waals surface area (Å²) in [6.45, 7) is 0. The number of imide groups is 1. The molecule has 0 saturated carbocycles. The molecule has 3 aromatic rings. The van der Waals surface area contributed by atoms with Crippen molar-refractivity contribution in [3.8, 4) is 17.3 Å². The fourth-order valence-corrected chi connectivity index (χ4v) is 4.78. The smallest absolute Gasteiger partial charge is 0.274 e. The number of nitriles is 1. The van der Waals surface area contributed by atoms with Crippen molar-refractivity contribution in [2.24, 2.45) is 0 Å². The van der Waals surface area contributed by atoms with Crippen LogP contribution in [-0.2, 0) is 15.8 Å². The van der Waals surface area contributed by atoms with Crippen LogP contribution in [0.3, 0.4) is 0 Å². The molecule has 166 valence electrons. The minimum atomic E-state index is -4.80. The Kier molecular flexibility index (Phi) is 6.28. The van der Waals surface area contributed by atoms with Gasteiger partial charge in [-0.2, -0.15) is 18.4 Å². The first-order valence-corrected chi connectivity index (χ1v) is 11.2. The van der Waals surface area contributed by atoms with Gasteiger partial charge >= 0.3 is 6.18 Å². The molecule has 1 aliphatic heterocycles. The number of hydrogen-bond donors (Lipinski definition) is 0. The number of carbonyl (C=O) groups is 2. The van der Waals surface area contributed by atoms with E-state index in [2.05, 4.69) is 20.9 Å². The molecule has 0 spiro atoms. The third-order valence-corrected chi connectivity index (χ3v) is 6.62. The Morgan fingerprint density at radius 2 is 1.76 bits per heavy atom. The Morgan fingerprint density at radius 1 is 1.09 bits per heavy atom. The van der Waals surface area contributed by atoms with Crippen LogP contribution in [0.1, 0.15) is 17.5 Å². The maximum atomic E-state index is 13.8. The first kappa shape index (κ1) is 23.0. The first-order valence-electron chi connectivity index (χ1n) is 9.56. The van der Waals surface area contributed by atoms with Crippen LogP contribution in [0.5, 0.6) is 0 Å². The molecule has 0 bridgehead atoms. The van der Waals surface area contributed by atoms with E-state index in [1.165, 1.54) is 0 Å². The van der Waals surface area contributed by atoms with Gasteiger partial charge in [0.25, 0.3) is 0 Å². The van der Waals surface area contributed by atoms with Gasteiger partial charge in [-0.25, -0.2) is 9.88 Å². The molecule has 1 atom stereocenters. The summed E-state index contributed by atoms with van der Waals surface area (Å²) in [6.07, 6.45) is -5.02. The van der Waals surface area contributed by atoms with Crippen molar-refractivity contribution in [1.82, 2.24) is 4.98 Å². The van der Waals surface area contributed by atoms with Crippen molar-refractivity contribution in [1.29, 1.82) is 5.26 Å². The molecule has 4 rings (SSSR count). The van der Waals surface area contributed by atoms with Crippen molar-refractivity contribution in [3.63, 3.8) is 0 Å². The topological polar surface area (TPSA) is 74.1 Å². The van der Waals surface area contributed by atoms with E-state index in [0.29, 0.717) is 23.0 Å². The number of rotatable bonds is 4. The van der Waals surface area contributed by atoms with E-state index in [1.807, 2.05) is 0 Å². The Bertz CT molecular complexity index is 1280. The molecule has 1 aromatic heterocycles. The predicted octanol–water partition coefficient (Wildman–Crippen LogP) is 5.83. The van der Waals surface area contributed by atoms with Crippen LogP contribution in [0.4, 0.5) is 18.9 Å². The quantitative estimate of drug-likeness (QED) is 0.396. The molecule has 0 unspecified atom stereocenters. The van der Waals surface area contributed by atoms with E-state index in [0.717, 1.165) is 15.4 Å². The zero-order chi connectivity index (χ0) is 23.8. The van der Waals surface area contributed by atoms with Gasteiger partial charge in [-0.15, -0.1) is 0 Å². The van der Waals surface area contributed by atoms with E-state index < -0.39 is 34.4 Å². The molecule has 1 fully saturated rings. The Hall–Kier alpha value is -3.16. The van der Waals surface area contributed by atoms with Gasteiger partial charge < -0.3 is 0 Å². The summed E-state index contributed by atoms with van der Waals surface area (Å²) in [5.74, 6) is -1.05. The largest absolute Gasteiger partial charge is 0.417 e. The fourth-order valence-electron chi connectivity index (χ4n) is 3.39. The molecule has 2 heterocycles. The second kappa shape index (κ2) is 9.00. The van der Waals surface area contributed by atoms with Crippen LogP contribution >= 0.6 is 27.7 Å². The molecule has 2 amide bonds. The molecule has 0 aliphatic carbocycles. The molecule has 1 aliphatic rings. The monoisotopic (exact) mass is 531 g/mol. The third kappa shape index (κ3) is 4.65. The molecule has 10 heteroatoms. The first-order chi connectivity index (χ1) is 15.7. The lowest BCUT2D eigenvalue weighted by atomic mass is 10.1. The Balaban J connectivity index is 1.74. The van der Waals surface area contributed by atoms with Crippen molar-refractivity contribution < 1.29 is 22.8 Å². The fraction of sp³-hybridized carbons (Fsp3) is 0.130. The van der Waals surface area contributed by atoms with Gasteiger partial charge in [0, 0.05) is 16.5 Å². The molecule has 5 nitrogen and oxygen atoms in total. The van der Waals surface area contributed by atoms with Gasteiger partial charge in [0.2, 0.25) is 11.8 Å². The highest BCUT2D eigenvalue weighted by Crippen LogP contribution is 2.41. The summed E-state index contributed by atoms with van der Waals surface area (Å²) in [7, 11) is 0. The third-order valence-electron chi connectivity index (χ3n) is 4.92. The van der Waals surface area contributed by atoms with Gasteiger partial charge in [0.05, 0.1) is 27.8 Å². The lowest BCUT2D eigenvalue weighted by molar-refractivity contribution is -0.138. The molecule has 0 radical (unpaired) electrons. The number of pyridine rings is 1. The highest BCUT2D eigenvalue weighted by atomic mass is 79.9. The zero-order valence-electron chi connectivity index (χ0n) is 16.6. The van der Waals surface area contributed by atoms with Gasteiger partial charge in [-0.05, 0) is 30.3 Å². The Morgan fingerprint density at radius 3 is 2.36 bits per heavy atom. The summed E-state index contributed by atoms with van der Waals surface area (Å²) in [5.41, 5.74) is -0.998. The van der Waals surface area contributed by atoms with Crippen LogP contribution in [-0.4, -0.2) is 22.0 Å². The predicted molar refractivity (Wildman–Crippen MR) is 120 cm³/mol. The Labute approximate surface area is 199 Å². The lowest BCUT2D eigenvalue weighted by Gasteiger charge is -2.17. The molecule has 33 heavy (non-hydrogen) atoms. The summed E-state index contributed by atoms with van der Waals surface area (Å²) >= 11 is 3.98. The summed E-state index contributed by atoms with van der Waals surface area (Å²) in [6, 6.07) is 17.2. The van der Waals surface area contributed by atoms with Crippen molar-refractivity contribution in [2.75, 3.05) is 4.90 Å². The number of carbonyl (C=O) groups excluding carboxylic acids is 2. The maximum absolute atomic E-state index is 13.8. The zero-order valence-corrected chi connectivity index (χ0v) is 19.0. The number of amides is 2. The number of thioether (sulfide) groups is 1. The van der Waals surface area contributed by atoms with Crippen LogP contribution < -0.4 is 4.90 Å². The van der Waals surface area contributed by atoms with Crippen molar-refractivity contribution in [2.45, 2.75) is 22.9 Å². The molecule has 1 saturated heterocycles. The normalized spacial score (nSPS) is 16.2. The number of aromatic nitrogens is 1. The van der Waals surface area contributed by atoms with E-state index in [1.54, 1.807) is 60.7 Å². The SMILES string of the molecule is N#Cc1c(C(F)(F)F)cc(-c2ccccc2)nc1S[C@H]1CC(=O)N(c2ccc(Br)cc2)C1=O. The minimum Gasteiger partial charge on any atom is -0.274 e. The second-order valence-electron chi connectivity index (χ2n) is 7.07. The molecular weight excluding hydrogens is 519 g/mol. The highest BCUT2D eigenvalue weighted by molar-refractivity contribution is 9.10. The number of hydrogen-bond acceptors (Lipinski definition) is 5. The van der Waals surface area contributed by atoms with Gasteiger partial charge in [0.1, 0.15) is 11.1 Å². The number of nitrogens with zero attached hydrogens (tertiary/aromatic N) is 3. The average molecular weight is 532 g/mol. The van der Waals surface area contributed by atoms with Crippen LogP contribution in [0, 0.1) is 11.3 Å². The number of anilines is 1. The summed E-state index contributed by atoms with van der Waals surface area (Å²) < 4.78 is 42.0. The number of alkyl halides is 3. The van der Waals surface area contributed by atoms with Crippen LogP contribution in [0.2, 0.25) is 0 Å².